The fraction of sp³-hybridized carbons (Fsp3) is 0.375. The van der Waals surface area contributed by atoms with Gasteiger partial charge >= 0.3 is 0 Å². The first-order valence-electron chi connectivity index (χ1n) is 6.90. The van der Waals surface area contributed by atoms with Crippen molar-refractivity contribution in [1.82, 2.24) is 14.9 Å². The quantitative estimate of drug-likeness (QED) is 0.844. The molecule has 0 aliphatic carbocycles. The molecule has 0 radical (unpaired) electrons. The number of aromatic nitrogens is 2. The second kappa shape index (κ2) is 5.62. The van der Waals surface area contributed by atoms with Gasteiger partial charge in [-0.05, 0) is 31.0 Å². The zero-order valence-corrected chi connectivity index (χ0v) is 13.4. The predicted molar refractivity (Wildman–Crippen MR) is 83.5 cm³/mol. The molecule has 0 N–H and O–H groups in total. The average Bonchev–Trinajstić information content (AvgIpc) is 2.42. The molecule has 20 heavy (non-hydrogen) atoms. The maximum atomic E-state index is 4.54. The van der Waals surface area contributed by atoms with Gasteiger partial charge in [0, 0.05) is 48.0 Å². The zero-order chi connectivity index (χ0) is 14.1. The summed E-state index contributed by atoms with van der Waals surface area (Å²) in [6.45, 7) is 7.04. The number of rotatable bonds is 2. The molecule has 1 aliphatic heterocycles. The minimum Gasteiger partial charge on any atom is -0.294 e. The molecular formula is C16H18BrN3. The van der Waals surface area contributed by atoms with E-state index in [0.29, 0.717) is 0 Å². The second-order valence-corrected chi connectivity index (χ2v) is 6.30. The summed E-state index contributed by atoms with van der Waals surface area (Å²) >= 11 is 3.66. The van der Waals surface area contributed by atoms with Crippen LogP contribution in [0.15, 0.2) is 28.9 Å². The van der Waals surface area contributed by atoms with Crippen molar-refractivity contribution >= 4 is 15.9 Å². The highest BCUT2D eigenvalue weighted by molar-refractivity contribution is 9.10. The second-order valence-electron chi connectivity index (χ2n) is 5.44. The van der Waals surface area contributed by atoms with Crippen LogP contribution in [-0.2, 0) is 19.5 Å². The summed E-state index contributed by atoms with van der Waals surface area (Å²) in [5.41, 5.74) is 5.11. The molecule has 0 spiro atoms. The van der Waals surface area contributed by atoms with E-state index in [9.17, 15) is 0 Å². The van der Waals surface area contributed by atoms with Gasteiger partial charge in [-0.25, -0.2) is 9.97 Å². The molecule has 0 saturated heterocycles. The average molecular weight is 332 g/mol. The van der Waals surface area contributed by atoms with E-state index in [1.54, 1.807) is 0 Å². The van der Waals surface area contributed by atoms with Gasteiger partial charge in [0.2, 0.25) is 0 Å². The molecule has 2 aromatic rings. The number of hydrogen-bond donors (Lipinski definition) is 0. The van der Waals surface area contributed by atoms with Crippen LogP contribution >= 0.6 is 15.9 Å². The smallest absolute Gasteiger partial charge is 0.125 e. The Labute approximate surface area is 128 Å². The van der Waals surface area contributed by atoms with E-state index in [0.717, 1.165) is 31.9 Å². The summed E-state index contributed by atoms with van der Waals surface area (Å²) < 4.78 is 1.20. The van der Waals surface area contributed by atoms with Crippen LogP contribution in [0.1, 0.15) is 28.2 Å². The third-order valence-electron chi connectivity index (χ3n) is 3.74. The van der Waals surface area contributed by atoms with Crippen LogP contribution in [0.4, 0.5) is 0 Å². The number of aryl methyl sites for hydroxylation is 2. The van der Waals surface area contributed by atoms with E-state index in [1.165, 1.54) is 26.9 Å². The Bertz CT molecular complexity index is 640. The van der Waals surface area contributed by atoms with Gasteiger partial charge in [-0.15, -0.1) is 0 Å². The predicted octanol–water partition coefficient (Wildman–Crippen LogP) is 3.41. The maximum Gasteiger partial charge on any atom is 0.125 e. The van der Waals surface area contributed by atoms with E-state index in [1.807, 2.05) is 13.1 Å². The van der Waals surface area contributed by atoms with Crippen LogP contribution in [-0.4, -0.2) is 21.4 Å². The van der Waals surface area contributed by atoms with Gasteiger partial charge < -0.3 is 0 Å². The van der Waals surface area contributed by atoms with E-state index < -0.39 is 0 Å². The van der Waals surface area contributed by atoms with Crippen molar-refractivity contribution in [1.29, 1.82) is 0 Å². The van der Waals surface area contributed by atoms with Gasteiger partial charge in [0.25, 0.3) is 0 Å². The van der Waals surface area contributed by atoms with Crippen LogP contribution in [0.2, 0.25) is 0 Å². The first kappa shape index (κ1) is 13.7. The molecule has 0 bridgehead atoms. The van der Waals surface area contributed by atoms with Gasteiger partial charge in [-0.2, -0.15) is 0 Å². The fourth-order valence-electron chi connectivity index (χ4n) is 2.63. The minimum atomic E-state index is 0.874. The lowest BCUT2D eigenvalue weighted by Crippen LogP contribution is -2.31. The molecule has 0 unspecified atom stereocenters. The SMILES string of the molecule is Cc1ccc(CN2CCc3nc(C)ncc3C2)c(Br)c1. The van der Waals surface area contributed by atoms with Gasteiger partial charge in [0.05, 0.1) is 0 Å². The number of nitrogens with zero attached hydrogens (tertiary/aromatic N) is 3. The number of fused-ring (bicyclic) bond motifs is 1. The zero-order valence-electron chi connectivity index (χ0n) is 11.9. The minimum absolute atomic E-state index is 0.874. The molecule has 0 fully saturated rings. The maximum absolute atomic E-state index is 4.54. The van der Waals surface area contributed by atoms with Crippen LogP contribution in [0.3, 0.4) is 0 Å². The Morgan fingerprint density at radius 2 is 2.15 bits per heavy atom. The molecule has 1 aromatic carbocycles. The van der Waals surface area contributed by atoms with E-state index >= 15 is 0 Å². The molecule has 1 aliphatic rings. The Balaban J connectivity index is 1.75. The van der Waals surface area contributed by atoms with Crippen LogP contribution in [0.25, 0.3) is 0 Å². The molecule has 0 atom stereocenters. The first-order chi connectivity index (χ1) is 9.61. The Kier molecular flexibility index (Phi) is 3.85. The molecule has 0 saturated carbocycles. The monoisotopic (exact) mass is 331 g/mol. The van der Waals surface area contributed by atoms with Crippen molar-refractivity contribution in [3.63, 3.8) is 0 Å². The van der Waals surface area contributed by atoms with Crippen molar-refractivity contribution in [3.05, 3.63) is 57.1 Å². The molecule has 4 heteroatoms. The fourth-order valence-corrected chi connectivity index (χ4v) is 3.25. The van der Waals surface area contributed by atoms with Gasteiger partial charge in [0.1, 0.15) is 5.82 Å². The third-order valence-corrected chi connectivity index (χ3v) is 4.47. The lowest BCUT2D eigenvalue weighted by Gasteiger charge is -2.28. The molecule has 3 nitrogen and oxygen atoms in total. The highest BCUT2D eigenvalue weighted by Crippen LogP contribution is 2.23. The summed E-state index contributed by atoms with van der Waals surface area (Å²) in [5.74, 6) is 0.874. The topological polar surface area (TPSA) is 29.0 Å². The molecular weight excluding hydrogens is 314 g/mol. The Hall–Kier alpha value is -1.26. The van der Waals surface area contributed by atoms with Gasteiger partial charge in [-0.3, -0.25) is 4.90 Å². The summed E-state index contributed by atoms with van der Waals surface area (Å²) in [4.78, 5) is 11.3. The Morgan fingerprint density at radius 1 is 1.30 bits per heavy atom. The molecule has 104 valence electrons. The summed E-state index contributed by atoms with van der Waals surface area (Å²) in [6, 6.07) is 6.56. The lowest BCUT2D eigenvalue weighted by molar-refractivity contribution is 0.242. The van der Waals surface area contributed by atoms with Gasteiger partial charge in [-0.1, -0.05) is 28.1 Å². The van der Waals surface area contributed by atoms with Crippen molar-refractivity contribution < 1.29 is 0 Å². The molecule has 1 aromatic heterocycles. The molecule has 2 heterocycles. The van der Waals surface area contributed by atoms with Crippen molar-refractivity contribution in [2.75, 3.05) is 6.54 Å². The van der Waals surface area contributed by atoms with Gasteiger partial charge in [0.15, 0.2) is 0 Å². The van der Waals surface area contributed by atoms with Crippen LogP contribution in [0, 0.1) is 13.8 Å². The van der Waals surface area contributed by atoms with Crippen molar-refractivity contribution in [2.45, 2.75) is 33.4 Å². The van der Waals surface area contributed by atoms with Crippen LogP contribution in [0.5, 0.6) is 0 Å². The third kappa shape index (κ3) is 2.91. The molecule has 3 rings (SSSR count). The standard InChI is InChI=1S/C16H18BrN3/c1-11-3-4-13(15(17)7-11)9-20-6-5-16-14(10-20)8-18-12(2)19-16/h3-4,7-8H,5-6,9-10H2,1-2H3. The largest absolute Gasteiger partial charge is 0.294 e. The summed E-state index contributed by atoms with van der Waals surface area (Å²) in [6.07, 6.45) is 3.00. The summed E-state index contributed by atoms with van der Waals surface area (Å²) in [7, 11) is 0. The normalized spacial score (nSPS) is 15.2. The van der Waals surface area contributed by atoms with E-state index in [4.69, 9.17) is 0 Å². The number of hydrogen-bond acceptors (Lipinski definition) is 3. The summed E-state index contributed by atoms with van der Waals surface area (Å²) in [5, 5.41) is 0. The van der Waals surface area contributed by atoms with Crippen molar-refractivity contribution in [2.24, 2.45) is 0 Å². The van der Waals surface area contributed by atoms with E-state index in [2.05, 4.69) is 55.9 Å². The Morgan fingerprint density at radius 3 is 2.95 bits per heavy atom. The number of halogens is 1. The van der Waals surface area contributed by atoms with E-state index in [-0.39, 0.29) is 0 Å². The first-order valence-corrected chi connectivity index (χ1v) is 7.70. The lowest BCUT2D eigenvalue weighted by atomic mass is 10.1. The van der Waals surface area contributed by atoms with Crippen molar-refractivity contribution in [3.8, 4) is 0 Å². The number of benzene rings is 1. The highest BCUT2D eigenvalue weighted by Gasteiger charge is 2.18. The highest BCUT2D eigenvalue weighted by atomic mass is 79.9. The molecule has 0 amide bonds. The van der Waals surface area contributed by atoms with Crippen LogP contribution < -0.4 is 0 Å².